The first-order valence-corrected chi connectivity index (χ1v) is 10.3. The normalized spacial score (nSPS) is 17.1. The summed E-state index contributed by atoms with van der Waals surface area (Å²) in [7, 11) is -3.70. The van der Waals surface area contributed by atoms with Gasteiger partial charge in [0.2, 0.25) is 5.89 Å². The Morgan fingerprint density at radius 3 is 2.44 bits per heavy atom. The van der Waals surface area contributed by atoms with Gasteiger partial charge in [-0.05, 0) is 26.0 Å². The number of anilines is 1. The average Bonchev–Trinajstić information content (AvgIpc) is 3.06. The van der Waals surface area contributed by atoms with Crippen LogP contribution in [0.1, 0.15) is 24.7 Å². The largest absolute Gasteiger partial charge is 0.369 e. The lowest BCUT2D eigenvalue weighted by Crippen LogP contribution is -2.47. The van der Waals surface area contributed by atoms with Crippen molar-refractivity contribution in [3.8, 4) is 0 Å². The molecule has 0 spiro atoms. The fraction of sp³-hybridized carbons (Fsp3) is 0.500. The number of aryl methyl sites for hydroxylation is 1. The summed E-state index contributed by atoms with van der Waals surface area (Å²) in [6.45, 7) is 6.50. The minimum Gasteiger partial charge on any atom is -0.369 e. The number of hydrogen-bond donors (Lipinski definition) is 0. The van der Waals surface area contributed by atoms with Gasteiger partial charge in [0.1, 0.15) is 4.90 Å². The van der Waals surface area contributed by atoms with E-state index in [1.807, 2.05) is 11.8 Å². The highest BCUT2D eigenvalue weighted by atomic mass is 32.2. The quantitative estimate of drug-likeness (QED) is 0.548. The summed E-state index contributed by atoms with van der Waals surface area (Å²) in [4.78, 5) is 18.7. The zero-order valence-corrected chi connectivity index (χ0v) is 16.1. The van der Waals surface area contributed by atoms with Crippen molar-refractivity contribution in [3.05, 3.63) is 40.0 Å². The molecule has 1 atom stereocenters. The standard InChI is InChI=1S/C16H21N5O5S/c1-11(16-17-12(2)18-26-16)19-6-8-20(9-7-19)13-4-5-14(21(22)23)15(10-13)27(3,24)25/h4-5,10-11H,6-9H2,1-3H3. The van der Waals surface area contributed by atoms with E-state index in [-0.39, 0.29) is 10.9 Å². The molecule has 0 saturated carbocycles. The van der Waals surface area contributed by atoms with E-state index in [0.717, 1.165) is 6.26 Å². The second-order valence-corrected chi connectivity index (χ2v) is 8.54. The smallest absolute Gasteiger partial charge is 0.288 e. The molecule has 1 aromatic carbocycles. The van der Waals surface area contributed by atoms with Gasteiger partial charge in [0.15, 0.2) is 15.7 Å². The Hall–Kier alpha value is -2.53. The number of nitro benzene ring substituents is 1. The van der Waals surface area contributed by atoms with Crippen molar-refractivity contribution in [2.45, 2.75) is 24.8 Å². The van der Waals surface area contributed by atoms with Crippen LogP contribution in [0.4, 0.5) is 11.4 Å². The lowest BCUT2D eigenvalue weighted by atomic mass is 10.2. The van der Waals surface area contributed by atoms with E-state index < -0.39 is 20.4 Å². The van der Waals surface area contributed by atoms with E-state index in [0.29, 0.717) is 43.6 Å². The van der Waals surface area contributed by atoms with Crippen LogP contribution in [0.15, 0.2) is 27.6 Å². The molecule has 0 aliphatic carbocycles. The molecule has 146 valence electrons. The van der Waals surface area contributed by atoms with Gasteiger partial charge in [-0.25, -0.2) is 8.42 Å². The van der Waals surface area contributed by atoms with Crippen molar-refractivity contribution in [2.24, 2.45) is 0 Å². The molecule has 27 heavy (non-hydrogen) atoms. The van der Waals surface area contributed by atoms with Gasteiger partial charge in [-0.1, -0.05) is 5.16 Å². The summed E-state index contributed by atoms with van der Waals surface area (Å²) in [6.07, 6.45) is 0.977. The molecule has 1 aliphatic rings. The Kier molecular flexibility index (Phi) is 5.16. The Morgan fingerprint density at radius 1 is 1.26 bits per heavy atom. The molecule has 0 bridgehead atoms. The minimum absolute atomic E-state index is 0.0169. The summed E-state index contributed by atoms with van der Waals surface area (Å²) in [5, 5.41) is 14.9. The summed E-state index contributed by atoms with van der Waals surface area (Å²) < 4.78 is 29.1. The van der Waals surface area contributed by atoms with Crippen molar-refractivity contribution in [1.82, 2.24) is 15.0 Å². The van der Waals surface area contributed by atoms with Crippen LogP contribution in [-0.4, -0.2) is 60.8 Å². The van der Waals surface area contributed by atoms with Gasteiger partial charge in [-0.15, -0.1) is 0 Å². The maximum atomic E-state index is 11.9. The number of piperazine rings is 1. The molecule has 0 radical (unpaired) electrons. The highest BCUT2D eigenvalue weighted by molar-refractivity contribution is 7.90. The van der Waals surface area contributed by atoms with Crippen LogP contribution in [0.25, 0.3) is 0 Å². The molecule has 10 nitrogen and oxygen atoms in total. The lowest BCUT2D eigenvalue weighted by Gasteiger charge is -2.38. The molecule has 1 fully saturated rings. The summed E-state index contributed by atoms with van der Waals surface area (Å²) in [6, 6.07) is 4.21. The van der Waals surface area contributed by atoms with Crippen LogP contribution in [0.3, 0.4) is 0 Å². The van der Waals surface area contributed by atoms with Gasteiger partial charge in [-0.2, -0.15) is 4.98 Å². The number of aromatic nitrogens is 2. The molecule has 1 saturated heterocycles. The van der Waals surface area contributed by atoms with Gasteiger partial charge < -0.3 is 9.42 Å². The Balaban J connectivity index is 1.75. The van der Waals surface area contributed by atoms with Crippen LogP contribution in [0, 0.1) is 17.0 Å². The minimum atomic E-state index is -3.70. The predicted molar refractivity (Wildman–Crippen MR) is 97.4 cm³/mol. The monoisotopic (exact) mass is 395 g/mol. The van der Waals surface area contributed by atoms with Crippen molar-refractivity contribution in [1.29, 1.82) is 0 Å². The molecule has 3 rings (SSSR count). The Bertz CT molecular complexity index is 950. The number of nitro groups is 1. The number of rotatable bonds is 5. The molecule has 0 amide bonds. The number of nitrogens with zero attached hydrogens (tertiary/aromatic N) is 5. The van der Waals surface area contributed by atoms with Crippen LogP contribution in [0.5, 0.6) is 0 Å². The molecule has 0 N–H and O–H groups in total. The zero-order valence-electron chi connectivity index (χ0n) is 15.3. The van der Waals surface area contributed by atoms with E-state index in [2.05, 4.69) is 15.0 Å². The highest BCUT2D eigenvalue weighted by Gasteiger charge is 2.28. The Labute approximate surface area is 156 Å². The lowest BCUT2D eigenvalue weighted by molar-refractivity contribution is -0.387. The molecule has 1 unspecified atom stereocenters. The molecule has 11 heteroatoms. The van der Waals surface area contributed by atoms with E-state index in [1.54, 1.807) is 13.0 Å². The topological polar surface area (TPSA) is 123 Å². The fourth-order valence-electron chi connectivity index (χ4n) is 3.15. The molecule has 2 aromatic rings. The molecule has 1 aromatic heterocycles. The third-order valence-corrected chi connectivity index (χ3v) is 5.79. The van der Waals surface area contributed by atoms with E-state index in [1.165, 1.54) is 12.1 Å². The number of benzene rings is 1. The van der Waals surface area contributed by atoms with E-state index >= 15 is 0 Å². The van der Waals surface area contributed by atoms with Crippen LogP contribution in [0.2, 0.25) is 0 Å². The van der Waals surface area contributed by atoms with Crippen LogP contribution in [-0.2, 0) is 9.84 Å². The van der Waals surface area contributed by atoms with Crippen molar-refractivity contribution >= 4 is 21.2 Å². The van der Waals surface area contributed by atoms with Gasteiger partial charge in [0.05, 0.1) is 11.0 Å². The van der Waals surface area contributed by atoms with Gasteiger partial charge in [0, 0.05) is 44.2 Å². The molecular formula is C16H21N5O5S. The first-order chi connectivity index (χ1) is 12.7. The zero-order chi connectivity index (χ0) is 19.8. The third kappa shape index (κ3) is 4.08. The van der Waals surface area contributed by atoms with Crippen molar-refractivity contribution < 1.29 is 17.9 Å². The fourth-order valence-corrected chi connectivity index (χ4v) is 4.01. The van der Waals surface area contributed by atoms with Gasteiger partial charge >= 0.3 is 0 Å². The molecular weight excluding hydrogens is 374 g/mol. The van der Waals surface area contributed by atoms with Gasteiger partial charge in [0.25, 0.3) is 5.69 Å². The van der Waals surface area contributed by atoms with Crippen molar-refractivity contribution in [3.63, 3.8) is 0 Å². The Morgan fingerprint density at radius 2 is 1.93 bits per heavy atom. The summed E-state index contributed by atoms with van der Waals surface area (Å²) in [5.41, 5.74) is 0.252. The third-order valence-electron chi connectivity index (χ3n) is 4.67. The highest BCUT2D eigenvalue weighted by Crippen LogP contribution is 2.30. The van der Waals surface area contributed by atoms with E-state index in [9.17, 15) is 18.5 Å². The second-order valence-electron chi connectivity index (χ2n) is 6.56. The number of sulfone groups is 1. The molecule has 2 heterocycles. The average molecular weight is 395 g/mol. The first-order valence-electron chi connectivity index (χ1n) is 8.44. The van der Waals surface area contributed by atoms with E-state index in [4.69, 9.17) is 4.52 Å². The number of hydrogen-bond acceptors (Lipinski definition) is 9. The maximum Gasteiger partial charge on any atom is 0.288 e. The maximum absolute atomic E-state index is 11.9. The SMILES string of the molecule is Cc1noc(C(C)N2CCN(c3ccc([N+](=O)[O-])c(S(C)(=O)=O)c3)CC2)n1. The second kappa shape index (κ2) is 7.24. The van der Waals surface area contributed by atoms with Crippen molar-refractivity contribution in [2.75, 3.05) is 37.3 Å². The van der Waals surface area contributed by atoms with Crippen LogP contribution < -0.4 is 4.90 Å². The first kappa shape index (κ1) is 19.2. The molecule has 1 aliphatic heterocycles. The summed E-state index contributed by atoms with van der Waals surface area (Å²) >= 11 is 0. The summed E-state index contributed by atoms with van der Waals surface area (Å²) in [5.74, 6) is 1.16. The predicted octanol–water partition coefficient (Wildman–Crippen LogP) is 1.57. The van der Waals surface area contributed by atoms with Crippen LogP contribution >= 0.6 is 0 Å². The van der Waals surface area contributed by atoms with Gasteiger partial charge in [-0.3, -0.25) is 15.0 Å².